The molecule has 2 rings (SSSR count). The Morgan fingerprint density at radius 3 is 2.80 bits per heavy atom. The zero-order valence-electron chi connectivity index (χ0n) is 11.5. The number of anilines is 1. The quantitative estimate of drug-likeness (QED) is 0.635. The van der Waals surface area contributed by atoms with E-state index in [4.69, 9.17) is 0 Å². The number of amides is 1. The van der Waals surface area contributed by atoms with E-state index < -0.39 is 4.92 Å². The van der Waals surface area contributed by atoms with Gasteiger partial charge in [-0.1, -0.05) is 0 Å². The highest BCUT2D eigenvalue weighted by Gasteiger charge is 2.23. The van der Waals surface area contributed by atoms with Gasteiger partial charge >= 0.3 is 0 Å². The monoisotopic (exact) mass is 278 g/mol. The molecule has 1 atom stereocenters. The summed E-state index contributed by atoms with van der Waals surface area (Å²) in [6, 6.07) is 4.53. The van der Waals surface area contributed by atoms with Crippen molar-refractivity contribution < 1.29 is 9.72 Å². The van der Waals surface area contributed by atoms with Crippen molar-refractivity contribution in [1.29, 1.82) is 0 Å². The standard InChI is InChI=1S/C13H18N4O3/c1-14-13(18)9-3-4-12(17(19)20)11(7-9)15-10-5-6-16(2)8-10/h3-4,7,10,15H,5-6,8H2,1-2H3,(H,14,18). The summed E-state index contributed by atoms with van der Waals surface area (Å²) in [6.45, 7) is 1.79. The molecular weight excluding hydrogens is 260 g/mol. The van der Waals surface area contributed by atoms with E-state index in [2.05, 4.69) is 15.5 Å². The van der Waals surface area contributed by atoms with E-state index in [0.29, 0.717) is 11.3 Å². The Kier molecular flexibility index (Phi) is 4.19. The lowest BCUT2D eigenvalue weighted by Crippen LogP contribution is -2.24. The number of nitrogens with one attached hydrogen (secondary N) is 2. The van der Waals surface area contributed by atoms with Crippen LogP contribution in [-0.2, 0) is 0 Å². The molecule has 1 aliphatic rings. The number of carbonyl (C=O) groups is 1. The van der Waals surface area contributed by atoms with Gasteiger partial charge in [-0.3, -0.25) is 14.9 Å². The van der Waals surface area contributed by atoms with E-state index in [-0.39, 0.29) is 17.6 Å². The highest BCUT2D eigenvalue weighted by Crippen LogP contribution is 2.27. The largest absolute Gasteiger partial charge is 0.375 e. The van der Waals surface area contributed by atoms with E-state index >= 15 is 0 Å². The predicted octanol–water partition coefficient (Wildman–Crippen LogP) is 1.07. The summed E-state index contributed by atoms with van der Waals surface area (Å²) in [5.41, 5.74) is 0.801. The zero-order valence-corrected chi connectivity index (χ0v) is 11.5. The predicted molar refractivity (Wildman–Crippen MR) is 76.0 cm³/mol. The topological polar surface area (TPSA) is 87.5 Å². The molecule has 1 saturated heterocycles. The van der Waals surface area contributed by atoms with Gasteiger partial charge in [-0.2, -0.15) is 0 Å². The van der Waals surface area contributed by atoms with E-state index in [0.717, 1.165) is 19.5 Å². The summed E-state index contributed by atoms with van der Waals surface area (Å²) < 4.78 is 0. The first-order valence-corrected chi connectivity index (χ1v) is 6.47. The van der Waals surface area contributed by atoms with Crippen LogP contribution in [0.25, 0.3) is 0 Å². The maximum atomic E-state index is 11.6. The first kappa shape index (κ1) is 14.3. The molecule has 0 aliphatic carbocycles. The number of nitro groups is 1. The highest BCUT2D eigenvalue weighted by molar-refractivity contribution is 5.95. The van der Waals surface area contributed by atoms with E-state index in [1.165, 1.54) is 25.2 Å². The molecule has 7 nitrogen and oxygen atoms in total. The van der Waals surface area contributed by atoms with Crippen molar-refractivity contribution in [3.63, 3.8) is 0 Å². The number of hydrogen-bond donors (Lipinski definition) is 2. The van der Waals surface area contributed by atoms with Crippen molar-refractivity contribution in [3.8, 4) is 0 Å². The van der Waals surface area contributed by atoms with Crippen LogP contribution in [0.4, 0.5) is 11.4 Å². The SMILES string of the molecule is CNC(=O)c1ccc([N+](=O)[O-])c(NC2CCN(C)C2)c1. The van der Waals surface area contributed by atoms with Gasteiger partial charge in [0.2, 0.25) is 0 Å². The molecule has 0 spiro atoms. The molecule has 108 valence electrons. The first-order valence-electron chi connectivity index (χ1n) is 6.47. The summed E-state index contributed by atoms with van der Waals surface area (Å²) in [7, 11) is 3.54. The molecular formula is C13H18N4O3. The van der Waals surface area contributed by atoms with Crippen molar-refractivity contribution in [2.45, 2.75) is 12.5 Å². The van der Waals surface area contributed by atoms with Crippen molar-refractivity contribution in [2.24, 2.45) is 0 Å². The molecule has 1 unspecified atom stereocenters. The van der Waals surface area contributed by atoms with Gasteiger partial charge in [0, 0.05) is 31.3 Å². The molecule has 1 fully saturated rings. The lowest BCUT2D eigenvalue weighted by atomic mass is 10.1. The van der Waals surface area contributed by atoms with Gasteiger partial charge in [-0.25, -0.2) is 0 Å². The third kappa shape index (κ3) is 3.05. The van der Waals surface area contributed by atoms with Crippen molar-refractivity contribution in [3.05, 3.63) is 33.9 Å². The number of likely N-dealkylation sites (N-methyl/N-ethyl adjacent to an activating group) is 1. The third-order valence-electron chi connectivity index (χ3n) is 3.43. The van der Waals surface area contributed by atoms with E-state index in [1.807, 2.05) is 7.05 Å². The Bertz CT molecular complexity index is 532. The Hall–Kier alpha value is -2.15. The maximum absolute atomic E-state index is 11.6. The Labute approximate surface area is 117 Å². The van der Waals surface area contributed by atoms with E-state index in [9.17, 15) is 14.9 Å². The van der Waals surface area contributed by atoms with Gasteiger partial charge in [0.1, 0.15) is 5.69 Å². The van der Waals surface area contributed by atoms with Gasteiger partial charge in [0.15, 0.2) is 0 Å². The third-order valence-corrected chi connectivity index (χ3v) is 3.43. The van der Waals surface area contributed by atoms with Crippen LogP contribution >= 0.6 is 0 Å². The number of nitro benzene ring substituents is 1. The fourth-order valence-electron chi connectivity index (χ4n) is 2.37. The smallest absolute Gasteiger partial charge is 0.292 e. The summed E-state index contributed by atoms with van der Waals surface area (Å²) in [5.74, 6) is -0.258. The number of benzene rings is 1. The van der Waals surface area contributed by atoms with Gasteiger partial charge < -0.3 is 15.5 Å². The van der Waals surface area contributed by atoms with Crippen molar-refractivity contribution in [2.75, 3.05) is 32.5 Å². The molecule has 20 heavy (non-hydrogen) atoms. The first-order chi connectivity index (χ1) is 9.51. The minimum atomic E-state index is -0.436. The van der Waals surface area contributed by atoms with Crippen LogP contribution in [0.2, 0.25) is 0 Å². The fourth-order valence-corrected chi connectivity index (χ4v) is 2.37. The lowest BCUT2D eigenvalue weighted by molar-refractivity contribution is -0.384. The van der Waals surface area contributed by atoms with Crippen molar-refractivity contribution in [1.82, 2.24) is 10.2 Å². The average Bonchev–Trinajstić information content (AvgIpc) is 2.82. The molecule has 0 radical (unpaired) electrons. The van der Waals surface area contributed by atoms with Crippen LogP contribution in [0.5, 0.6) is 0 Å². The maximum Gasteiger partial charge on any atom is 0.292 e. The number of likely N-dealkylation sites (tertiary alicyclic amines) is 1. The van der Waals surface area contributed by atoms with Gasteiger partial charge in [0.05, 0.1) is 4.92 Å². The second-order valence-electron chi connectivity index (χ2n) is 4.96. The van der Waals surface area contributed by atoms with Crippen LogP contribution < -0.4 is 10.6 Å². The summed E-state index contributed by atoms with van der Waals surface area (Å²) in [5, 5.41) is 16.8. The molecule has 2 N–H and O–H groups in total. The Balaban J connectivity index is 2.27. The highest BCUT2D eigenvalue weighted by atomic mass is 16.6. The number of hydrogen-bond acceptors (Lipinski definition) is 5. The summed E-state index contributed by atoms with van der Waals surface area (Å²) >= 11 is 0. The minimum absolute atomic E-state index is 0.00722. The second-order valence-corrected chi connectivity index (χ2v) is 4.96. The Morgan fingerprint density at radius 2 is 2.25 bits per heavy atom. The Morgan fingerprint density at radius 1 is 1.50 bits per heavy atom. The van der Waals surface area contributed by atoms with Gasteiger partial charge in [-0.05, 0) is 32.1 Å². The molecule has 7 heteroatoms. The summed E-state index contributed by atoms with van der Waals surface area (Å²) in [4.78, 5) is 24.4. The van der Waals surface area contributed by atoms with Crippen LogP contribution in [-0.4, -0.2) is 49.0 Å². The molecule has 1 aromatic rings. The molecule has 1 amide bonds. The zero-order chi connectivity index (χ0) is 14.7. The van der Waals surface area contributed by atoms with Crippen LogP contribution in [0.3, 0.4) is 0 Å². The lowest BCUT2D eigenvalue weighted by Gasteiger charge is -2.15. The van der Waals surface area contributed by atoms with E-state index in [1.54, 1.807) is 0 Å². The molecule has 0 saturated carbocycles. The normalized spacial score (nSPS) is 18.8. The fraction of sp³-hybridized carbons (Fsp3) is 0.462. The second kappa shape index (κ2) is 5.87. The number of rotatable bonds is 4. The van der Waals surface area contributed by atoms with Crippen LogP contribution in [0.15, 0.2) is 18.2 Å². The van der Waals surface area contributed by atoms with Gasteiger partial charge in [-0.15, -0.1) is 0 Å². The molecule has 1 aliphatic heterocycles. The van der Waals surface area contributed by atoms with Crippen LogP contribution in [0.1, 0.15) is 16.8 Å². The molecule has 0 aromatic heterocycles. The molecule has 1 heterocycles. The van der Waals surface area contributed by atoms with Crippen LogP contribution in [0, 0.1) is 10.1 Å². The average molecular weight is 278 g/mol. The molecule has 0 bridgehead atoms. The summed E-state index contributed by atoms with van der Waals surface area (Å²) in [6.07, 6.45) is 0.928. The van der Waals surface area contributed by atoms with Gasteiger partial charge in [0.25, 0.3) is 11.6 Å². The number of carbonyl (C=O) groups excluding carboxylic acids is 1. The number of nitrogens with zero attached hydrogens (tertiary/aromatic N) is 2. The molecule has 1 aromatic carbocycles. The van der Waals surface area contributed by atoms with Crippen molar-refractivity contribution >= 4 is 17.3 Å². The minimum Gasteiger partial charge on any atom is -0.375 e.